The van der Waals surface area contributed by atoms with Gasteiger partial charge in [-0.15, -0.1) is 0 Å². The molecule has 0 aliphatic rings. The number of aliphatic imine (C=N–C) groups is 1. The Kier molecular flexibility index (Phi) is 5.84. The van der Waals surface area contributed by atoms with E-state index < -0.39 is 0 Å². The highest BCUT2D eigenvalue weighted by Crippen LogP contribution is 2.27. The van der Waals surface area contributed by atoms with E-state index in [2.05, 4.69) is 15.6 Å². The number of hydrogen-bond donors (Lipinski definition) is 2. The van der Waals surface area contributed by atoms with Crippen LogP contribution >= 0.6 is 0 Å². The van der Waals surface area contributed by atoms with Gasteiger partial charge in [-0.05, 0) is 24.6 Å². The van der Waals surface area contributed by atoms with Crippen molar-refractivity contribution >= 4 is 5.96 Å². The second-order valence-electron chi connectivity index (χ2n) is 3.59. The Balaban J connectivity index is 2.73. The summed E-state index contributed by atoms with van der Waals surface area (Å²) in [5.74, 6) is 2.26. The van der Waals surface area contributed by atoms with Crippen LogP contribution in [0.1, 0.15) is 12.5 Å². The van der Waals surface area contributed by atoms with Gasteiger partial charge in [0.2, 0.25) is 0 Å². The van der Waals surface area contributed by atoms with Crippen molar-refractivity contribution in [2.75, 3.05) is 27.8 Å². The first kappa shape index (κ1) is 14.2. The number of nitrogens with zero attached hydrogens (tertiary/aromatic N) is 1. The molecule has 0 amide bonds. The van der Waals surface area contributed by atoms with Gasteiger partial charge in [0.25, 0.3) is 0 Å². The summed E-state index contributed by atoms with van der Waals surface area (Å²) in [7, 11) is 5.20. The second-order valence-corrected chi connectivity index (χ2v) is 3.59. The molecule has 0 saturated carbocycles. The minimum absolute atomic E-state index is 0.625. The van der Waals surface area contributed by atoms with Gasteiger partial charge in [-0.1, -0.05) is 6.07 Å². The van der Waals surface area contributed by atoms with Gasteiger partial charge in [-0.25, -0.2) is 0 Å². The van der Waals surface area contributed by atoms with Crippen LogP contribution in [0.15, 0.2) is 23.2 Å². The first-order valence-electron chi connectivity index (χ1n) is 5.93. The van der Waals surface area contributed by atoms with Crippen molar-refractivity contribution in [2.45, 2.75) is 13.5 Å². The van der Waals surface area contributed by atoms with E-state index in [0.29, 0.717) is 13.2 Å². The molecule has 1 aromatic carbocycles. The van der Waals surface area contributed by atoms with Crippen molar-refractivity contribution in [3.8, 4) is 11.5 Å². The molecule has 0 fully saturated rings. The molecule has 100 valence electrons. The molecule has 0 atom stereocenters. The number of guanidine groups is 1. The summed E-state index contributed by atoms with van der Waals surface area (Å²) in [4.78, 5) is 4.05. The lowest BCUT2D eigenvalue weighted by Crippen LogP contribution is -2.34. The van der Waals surface area contributed by atoms with E-state index in [1.807, 2.05) is 32.2 Å². The molecule has 0 aromatic heterocycles. The minimum Gasteiger partial charge on any atom is -0.493 e. The first-order valence-corrected chi connectivity index (χ1v) is 5.93. The highest BCUT2D eigenvalue weighted by molar-refractivity contribution is 5.79. The van der Waals surface area contributed by atoms with Crippen LogP contribution in [0.3, 0.4) is 0 Å². The van der Waals surface area contributed by atoms with E-state index in [1.54, 1.807) is 14.2 Å². The maximum Gasteiger partial charge on any atom is 0.190 e. The van der Waals surface area contributed by atoms with Crippen LogP contribution in [-0.2, 0) is 6.54 Å². The molecule has 0 spiro atoms. The highest BCUT2D eigenvalue weighted by atomic mass is 16.5. The predicted molar refractivity (Wildman–Crippen MR) is 73.4 cm³/mol. The molecule has 0 saturated heterocycles. The third-order valence-electron chi connectivity index (χ3n) is 2.45. The summed E-state index contributed by atoms with van der Waals surface area (Å²) in [5, 5.41) is 6.15. The van der Waals surface area contributed by atoms with Gasteiger partial charge < -0.3 is 20.1 Å². The van der Waals surface area contributed by atoms with Crippen molar-refractivity contribution in [3.63, 3.8) is 0 Å². The fourth-order valence-corrected chi connectivity index (χ4v) is 1.56. The van der Waals surface area contributed by atoms with Crippen LogP contribution in [0.5, 0.6) is 11.5 Å². The number of methoxy groups -OCH3 is 1. The molecular weight excluding hydrogens is 230 g/mol. The zero-order chi connectivity index (χ0) is 13.4. The van der Waals surface area contributed by atoms with E-state index >= 15 is 0 Å². The van der Waals surface area contributed by atoms with E-state index in [-0.39, 0.29) is 0 Å². The van der Waals surface area contributed by atoms with E-state index in [0.717, 1.165) is 23.0 Å². The van der Waals surface area contributed by atoms with Crippen molar-refractivity contribution in [1.29, 1.82) is 0 Å². The molecule has 2 N–H and O–H groups in total. The number of rotatable bonds is 5. The summed E-state index contributed by atoms with van der Waals surface area (Å²) in [5.41, 5.74) is 1.10. The molecule has 5 heteroatoms. The maximum absolute atomic E-state index is 5.47. The Morgan fingerprint density at radius 1 is 1.33 bits per heavy atom. The normalized spacial score (nSPS) is 11.0. The van der Waals surface area contributed by atoms with Crippen LogP contribution < -0.4 is 20.1 Å². The highest BCUT2D eigenvalue weighted by Gasteiger charge is 2.05. The number of ether oxygens (including phenoxy) is 2. The summed E-state index contributed by atoms with van der Waals surface area (Å²) >= 11 is 0. The Morgan fingerprint density at radius 2 is 2.11 bits per heavy atom. The van der Waals surface area contributed by atoms with Crippen LogP contribution in [-0.4, -0.2) is 33.8 Å². The third kappa shape index (κ3) is 3.84. The standard InChI is InChI=1S/C13H21N3O2/c1-5-18-11-7-6-10(8-12(11)17-4)9-16-13(14-2)15-3/h6-8H,5,9H2,1-4H3,(H2,14,15,16). The lowest BCUT2D eigenvalue weighted by Gasteiger charge is -2.12. The van der Waals surface area contributed by atoms with Gasteiger partial charge in [-0.2, -0.15) is 0 Å². The molecule has 0 unspecified atom stereocenters. The summed E-state index contributed by atoms with van der Waals surface area (Å²) < 4.78 is 10.8. The number of hydrogen-bond acceptors (Lipinski definition) is 3. The van der Waals surface area contributed by atoms with Crippen LogP contribution in [0.25, 0.3) is 0 Å². The Hall–Kier alpha value is -1.91. The smallest absolute Gasteiger partial charge is 0.190 e. The van der Waals surface area contributed by atoms with Gasteiger partial charge >= 0.3 is 0 Å². The third-order valence-corrected chi connectivity index (χ3v) is 2.45. The van der Waals surface area contributed by atoms with Gasteiger partial charge in [0.05, 0.1) is 13.7 Å². The lowest BCUT2D eigenvalue weighted by molar-refractivity contribution is 0.310. The zero-order valence-electron chi connectivity index (χ0n) is 11.4. The Morgan fingerprint density at radius 3 is 2.67 bits per heavy atom. The second kappa shape index (κ2) is 7.42. The Labute approximate surface area is 108 Å². The fourth-order valence-electron chi connectivity index (χ4n) is 1.56. The molecule has 1 aromatic rings. The van der Waals surface area contributed by atoms with E-state index in [9.17, 15) is 0 Å². The van der Waals surface area contributed by atoms with Gasteiger partial charge in [0, 0.05) is 20.6 Å². The first-order chi connectivity index (χ1) is 8.74. The maximum atomic E-state index is 5.47. The van der Waals surface area contributed by atoms with E-state index in [4.69, 9.17) is 9.47 Å². The summed E-state index contributed by atoms with van der Waals surface area (Å²) in [6.07, 6.45) is 0. The largest absolute Gasteiger partial charge is 0.493 e. The fraction of sp³-hybridized carbons (Fsp3) is 0.462. The van der Waals surface area contributed by atoms with Crippen molar-refractivity contribution in [2.24, 2.45) is 4.99 Å². The lowest BCUT2D eigenvalue weighted by atomic mass is 10.2. The molecule has 0 aliphatic carbocycles. The van der Waals surface area contributed by atoms with Crippen LogP contribution in [0.4, 0.5) is 0 Å². The number of benzene rings is 1. The molecular formula is C13H21N3O2. The van der Waals surface area contributed by atoms with Crippen molar-refractivity contribution in [1.82, 2.24) is 10.6 Å². The minimum atomic E-state index is 0.625. The SMILES string of the molecule is CCOc1ccc(CNC(=NC)NC)cc1OC. The van der Waals surface area contributed by atoms with Gasteiger partial charge in [0.15, 0.2) is 17.5 Å². The summed E-state index contributed by atoms with van der Waals surface area (Å²) in [6, 6.07) is 5.88. The molecule has 0 aliphatic heterocycles. The molecule has 18 heavy (non-hydrogen) atoms. The van der Waals surface area contributed by atoms with Crippen LogP contribution in [0.2, 0.25) is 0 Å². The topological polar surface area (TPSA) is 54.9 Å². The monoisotopic (exact) mass is 251 g/mol. The molecule has 1 rings (SSSR count). The van der Waals surface area contributed by atoms with Crippen molar-refractivity contribution in [3.05, 3.63) is 23.8 Å². The van der Waals surface area contributed by atoms with Gasteiger partial charge in [-0.3, -0.25) is 4.99 Å². The summed E-state index contributed by atoms with van der Waals surface area (Å²) in [6.45, 7) is 3.25. The van der Waals surface area contributed by atoms with Crippen LogP contribution in [0, 0.1) is 0 Å². The Bertz CT molecular complexity index is 405. The van der Waals surface area contributed by atoms with Gasteiger partial charge in [0.1, 0.15) is 0 Å². The molecule has 0 bridgehead atoms. The molecule has 0 radical (unpaired) electrons. The average Bonchev–Trinajstić information content (AvgIpc) is 2.41. The molecule has 5 nitrogen and oxygen atoms in total. The molecule has 0 heterocycles. The number of nitrogens with one attached hydrogen (secondary N) is 2. The predicted octanol–water partition coefficient (Wildman–Crippen LogP) is 1.39. The average molecular weight is 251 g/mol. The van der Waals surface area contributed by atoms with E-state index in [1.165, 1.54) is 0 Å². The quantitative estimate of drug-likeness (QED) is 0.613. The zero-order valence-corrected chi connectivity index (χ0v) is 11.4. The van der Waals surface area contributed by atoms with Crippen molar-refractivity contribution < 1.29 is 9.47 Å².